The van der Waals surface area contributed by atoms with E-state index in [1.807, 2.05) is 0 Å². The van der Waals surface area contributed by atoms with Crippen molar-refractivity contribution in [3.05, 3.63) is 12.2 Å². The largest absolute Gasteiger partial charge is 0.392 e. The predicted octanol–water partition coefficient (Wildman–Crippen LogP) is 1.11. The number of aliphatic hydroxyl groups excluding tert-OH is 2. The van der Waals surface area contributed by atoms with E-state index in [0.717, 1.165) is 25.0 Å². The van der Waals surface area contributed by atoms with Crippen LogP contribution in [-0.4, -0.2) is 50.7 Å². The minimum Gasteiger partial charge on any atom is -0.392 e. The molecule has 2 spiro atoms. The van der Waals surface area contributed by atoms with Gasteiger partial charge in [0, 0.05) is 35.8 Å². The van der Waals surface area contributed by atoms with Crippen LogP contribution in [-0.2, 0) is 0 Å². The Morgan fingerprint density at radius 3 is 2.79 bits per heavy atom. The molecule has 12 atom stereocenters. The molecule has 3 aliphatic heterocycles. The fourth-order valence-corrected chi connectivity index (χ4v) is 10.6. The maximum Gasteiger partial charge on any atom is 0.123 e. The van der Waals surface area contributed by atoms with Crippen LogP contribution in [0.15, 0.2) is 12.2 Å². The van der Waals surface area contributed by atoms with Crippen LogP contribution in [0, 0.1) is 39.9 Å². The SMILES string of the molecule is C=C1[C@H]2CC3C4N5C[C@]6(C)CCC[C@]47[C@H]([C@H]2O)[C@]3(C[C@@]5(O)[C@H]67)[C@H]1O. The summed E-state index contributed by atoms with van der Waals surface area (Å²) in [4.78, 5) is 2.45. The zero-order chi connectivity index (χ0) is 16.4. The highest BCUT2D eigenvalue weighted by molar-refractivity contribution is 5.45. The molecule has 9 fully saturated rings. The quantitative estimate of drug-likeness (QED) is 0.583. The number of hydrogen-bond donors (Lipinski definition) is 3. The van der Waals surface area contributed by atoms with Gasteiger partial charge in [-0.2, -0.15) is 0 Å². The molecule has 9 bridgehead atoms. The van der Waals surface area contributed by atoms with Gasteiger partial charge in [0.2, 0.25) is 0 Å². The van der Waals surface area contributed by atoms with Crippen LogP contribution in [0.1, 0.15) is 39.0 Å². The van der Waals surface area contributed by atoms with Gasteiger partial charge in [-0.1, -0.05) is 19.9 Å². The van der Waals surface area contributed by atoms with Crippen molar-refractivity contribution in [1.29, 1.82) is 0 Å². The lowest BCUT2D eigenvalue weighted by atomic mass is 9.39. The highest BCUT2D eigenvalue weighted by atomic mass is 16.3. The standard InChI is InChI=1S/C20H27NO3/c1-9-10-6-11-14-18-5-3-4-17(2)8-21(14)20(24,16(17)18)7-19(11,15(9)23)13(18)12(10)22/h10-16,22-24H,1,3-8H2,2H3/t10-,11?,12+,13+,14?,15+,16-,17+,18+,19-,20-/m1/s1. The smallest absolute Gasteiger partial charge is 0.123 e. The van der Waals surface area contributed by atoms with Crippen LogP contribution in [0.4, 0.5) is 0 Å². The molecule has 4 nitrogen and oxygen atoms in total. The zero-order valence-corrected chi connectivity index (χ0v) is 14.3. The van der Waals surface area contributed by atoms with Gasteiger partial charge >= 0.3 is 0 Å². The number of rotatable bonds is 0. The van der Waals surface area contributed by atoms with Crippen LogP contribution < -0.4 is 0 Å². The molecule has 6 aliphatic carbocycles. The normalized spacial score (nSPS) is 76.1. The Morgan fingerprint density at radius 2 is 2.00 bits per heavy atom. The molecule has 0 amide bonds. The van der Waals surface area contributed by atoms with E-state index < -0.39 is 11.8 Å². The fourth-order valence-electron chi connectivity index (χ4n) is 10.6. The van der Waals surface area contributed by atoms with E-state index in [-0.39, 0.29) is 40.1 Å². The molecule has 3 N–H and O–H groups in total. The van der Waals surface area contributed by atoms with E-state index in [2.05, 4.69) is 18.4 Å². The fraction of sp³-hybridized carbons (Fsp3) is 0.900. The average Bonchev–Trinajstić information content (AvgIpc) is 2.88. The Bertz CT molecular complexity index is 724. The van der Waals surface area contributed by atoms with E-state index in [0.29, 0.717) is 18.4 Å². The van der Waals surface area contributed by atoms with Gasteiger partial charge in [0.25, 0.3) is 0 Å². The number of fused-ring (bicyclic) bond motifs is 1. The van der Waals surface area contributed by atoms with Crippen LogP contribution in [0.5, 0.6) is 0 Å². The third-order valence-electron chi connectivity index (χ3n) is 10.4. The van der Waals surface area contributed by atoms with E-state index in [1.54, 1.807) is 0 Å². The molecule has 6 saturated carbocycles. The average molecular weight is 329 g/mol. The van der Waals surface area contributed by atoms with Crippen molar-refractivity contribution in [2.75, 3.05) is 6.54 Å². The first-order chi connectivity index (χ1) is 11.3. The molecule has 0 aromatic carbocycles. The van der Waals surface area contributed by atoms with Crippen LogP contribution in [0.2, 0.25) is 0 Å². The number of nitrogens with zero attached hydrogens (tertiary/aromatic N) is 1. The Balaban J connectivity index is 1.57. The first-order valence-corrected chi connectivity index (χ1v) is 9.86. The van der Waals surface area contributed by atoms with Gasteiger partial charge in [0.15, 0.2) is 0 Å². The van der Waals surface area contributed by atoms with Crippen LogP contribution >= 0.6 is 0 Å². The van der Waals surface area contributed by atoms with Gasteiger partial charge in [0.05, 0.1) is 12.2 Å². The van der Waals surface area contributed by atoms with Gasteiger partial charge in [-0.15, -0.1) is 0 Å². The summed E-state index contributed by atoms with van der Waals surface area (Å²) in [6, 6.07) is 0.377. The number of aliphatic hydroxyl groups is 3. The lowest BCUT2D eigenvalue weighted by molar-refractivity contribution is -0.272. The summed E-state index contributed by atoms with van der Waals surface area (Å²) in [5.74, 6) is 0.946. The topological polar surface area (TPSA) is 63.9 Å². The summed E-state index contributed by atoms with van der Waals surface area (Å²) in [6.07, 6.45) is 4.26. The Kier molecular flexibility index (Phi) is 1.88. The van der Waals surface area contributed by atoms with Crippen molar-refractivity contribution in [3.8, 4) is 0 Å². The van der Waals surface area contributed by atoms with E-state index in [4.69, 9.17) is 0 Å². The van der Waals surface area contributed by atoms with Crippen molar-refractivity contribution < 1.29 is 15.3 Å². The molecular weight excluding hydrogens is 302 g/mol. The summed E-state index contributed by atoms with van der Waals surface area (Å²) in [5, 5.41) is 34.4. The molecule has 9 rings (SSSR count). The predicted molar refractivity (Wildman–Crippen MR) is 86.6 cm³/mol. The van der Waals surface area contributed by atoms with E-state index in [1.165, 1.54) is 12.8 Å². The van der Waals surface area contributed by atoms with Gasteiger partial charge in [-0.25, -0.2) is 0 Å². The van der Waals surface area contributed by atoms with Gasteiger partial charge < -0.3 is 15.3 Å². The van der Waals surface area contributed by atoms with E-state index >= 15 is 0 Å². The monoisotopic (exact) mass is 329 g/mol. The molecule has 130 valence electrons. The lowest BCUT2D eigenvalue weighted by Crippen LogP contribution is -2.71. The summed E-state index contributed by atoms with van der Waals surface area (Å²) >= 11 is 0. The second-order valence-corrected chi connectivity index (χ2v) is 10.7. The molecule has 0 aromatic rings. The Labute approximate surface area is 142 Å². The minimum absolute atomic E-state index is 0.0266. The van der Waals surface area contributed by atoms with Crippen molar-refractivity contribution in [2.24, 2.45) is 39.9 Å². The van der Waals surface area contributed by atoms with Gasteiger partial charge in [-0.3, -0.25) is 4.90 Å². The first kappa shape index (κ1) is 13.7. The van der Waals surface area contributed by atoms with Crippen molar-refractivity contribution in [1.82, 2.24) is 4.90 Å². The number of hydrogen-bond acceptors (Lipinski definition) is 4. The highest BCUT2D eigenvalue weighted by Gasteiger charge is 2.93. The van der Waals surface area contributed by atoms with Crippen LogP contribution in [0.3, 0.4) is 0 Å². The molecule has 0 radical (unpaired) electrons. The zero-order valence-electron chi connectivity index (χ0n) is 14.3. The number of piperidine rings is 2. The molecule has 3 unspecified atom stereocenters. The van der Waals surface area contributed by atoms with Crippen LogP contribution in [0.25, 0.3) is 0 Å². The second-order valence-electron chi connectivity index (χ2n) is 10.7. The van der Waals surface area contributed by atoms with E-state index in [9.17, 15) is 15.3 Å². The minimum atomic E-state index is -0.752. The molecular formula is C20H27NO3. The van der Waals surface area contributed by atoms with Crippen molar-refractivity contribution in [3.63, 3.8) is 0 Å². The summed E-state index contributed by atoms with van der Waals surface area (Å²) in [6.45, 7) is 7.56. The molecule has 24 heavy (non-hydrogen) atoms. The van der Waals surface area contributed by atoms with Gasteiger partial charge in [0.1, 0.15) is 5.72 Å². The second kappa shape index (κ2) is 3.28. The van der Waals surface area contributed by atoms with Crippen molar-refractivity contribution >= 4 is 0 Å². The Hall–Kier alpha value is -0.420. The molecule has 4 heteroatoms. The Morgan fingerprint density at radius 1 is 1.21 bits per heavy atom. The molecule has 3 saturated heterocycles. The molecule has 3 heterocycles. The third-order valence-corrected chi connectivity index (χ3v) is 10.4. The lowest BCUT2D eigenvalue weighted by Gasteiger charge is -2.67. The maximum absolute atomic E-state index is 11.9. The summed E-state index contributed by atoms with van der Waals surface area (Å²) in [5.41, 5.74) is -0.0153. The highest BCUT2D eigenvalue weighted by Crippen LogP contribution is 2.88. The molecule has 9 aliphatic rings. The first-order valence-electron chi connectivity index (χ1n) is 9.86. The third kappa shape index (κ3) is 0.903. The maximum atomic E-state index is 11.9. The summed E-state index contributed by atoms with van der Waals surface area (Å²) < 4.78 is 0. The summed E-state index contributed by atoms with van der Waals surface area (Å²) in [7, 11) is 0. The van der Waals surface area contributed by atoms with Gasteiger partial charge in [-0.05, 0) is 48.0 Å². The van der Waals surface area contributed by atoms with Crippen molar-refractivity contribution in [2.45, 2.75) is 63.0 Å². The molecule has 0 aromatic heterocycles.